The van der Waals surface area contributed by atoms with E-state index in [4.69, 9.17) is 9.31 Å². The van der Waals surface area contributed by atoms with Gasteiger partial charge in [0.05, 0.1) is 11.2 Å². The molecule has 1 aliphatic heterocycles. The van der Waals surface area contributed by atoms with Crippen molar-refractivity contribution in [3.05, 3.63) is 35.9 Å². The summed E-state index contributed by atoms with van der Waals surface area (Å²) in [6.45, 7) is 8.51. The van der Waals surface area contributed by atoms with E-state index in [2.05, 4.69) is 58.0 Å². The van der Waals surface area contributed by atoms with E-state index >= 15 is 0 Å². The van der Waals surface area contributed by atoms with Crippen LogP contribution in [0.4, 0.5) is 0 Å². The van der Waals surface area contributed by atoms with Crippen LogP contribution >= 0.6 is 0 Å². The number of hydrogen-bond acceptors (Lipinski definition) is 2. The molecule has 0 aromatic heterocycles. The van der Waals surface area contributed by atoms with Crippen LogP contribution in [0.3, 0.4) is 0 Å². The van der Waals surface area contributed by atoms with Gasteiger partial charge in [-0.2, -0.15) is 0 Å². The molecule has 1 aromatic rings. The van der Waals surface area contributed by atoms with E-state index in [0.717, 1.165) is 12.3 Å². The molecule has 0 amide bonds. The van der Waals surface area contributed by atoms with E-state index in [9.17, 15) is 0 Å². The molecule has 1 aliphatic carbocycles. The maximum atomic E-state index is 6.13. The third-order valence-electron chi connectivity index (χ3n) is 4.94. The van der Waals surface area contributed by atoms with Crippen molar-refractivity contribution in [2.24, 2.45) is 5.92 Å². The van der Waals surface area contributed by atoms with Crippen molar-refractivity contribution in [3.8, 4) is 0 Å². The molecule has 3 heteroatoms. The molecule has 102 valence electrons. The Morgan fingerprint density at radius 2 is 1.63 bits per heavy atom. The molecule has 0 radical (unpaired) electrons. The molecule has 1 saturated heterocycles. The monoisotopic (exact) mass is 258 g/mol. The highest BCUT2D eigenvalue weighted by Crippen LogP contribution is 2.54. The van der Waals surface area contributed by atoms with Crippen LogP contribution in [0.1, 0.15) is 39.7 Å². The molecule has 2 atom stereocenters. The number of hydrogen-bond donors (Lipinski definition) is 0. The van der Waals surface area contributed by atoms with Crippen LogP contribution in [0.2, 0.25) is 5.82 Å². The van der Waals surface area contributed by atoms with Crippen LogP contribution < -0.4 is 0 Å². The lowest BCUT2D eigenvalue weighted by Crippen LogP contribution is -2.41. The zero-order valence-electron chi connectivity index (χ0n) is 12.3. The molecule has 0 unspecified atom stereocenters. The predicted octanol–water partition coefficient (Wildman–Crippen LogP) is 3.71. The Balaban J connectivity index is 1.60. The van der Waals surface area contributed by atoms with Crippen LogP contribution in [0.5, 0.6) is 0 Å². The first-order valence-electron chi connectivity index (χ1n) is 7.29. The van der Waals surface area contributed by atoms with E-state index in [0.29, 0.717) is 5.82 Å². The minimum atomic E-state index is -0.197. The second kappa shape index (κ2) is 4.36. The van der Waals surface area contributed by atoms with E-state index in [1.54, 1.807) is 0 Å². The van der Waals surface area contributed by atoms with Crippen molar-refractivity contribution in [1.82, 2.24) is 0 Å². The highest BCUT2D eigenvalue weighted by Gasteiger charge is 2.59. The van der Waals surface area contributed by atoms with Crippen molar-refractivity contribution >= 4 is 7.12 Å². The molecule has 1 heterocycles. The minimum Gasteiger partial charge on any atom is -0.403 e. The molecule has 2 fully saturated rings. The molecule has 0 spiro atoms. The summed E-state index contributed by atoms with van der Waals surface area (Å²) in [4.78, 5) is 0. The lowest BCUT2D eigenvalue weighted by Gasteiger charge is -2.32. The Morgan fingerprint density at radius 3 is 2.21 bits per heavy atom. The van der Waals surface area contributed by atoms with E-state index in [-0.39, 0.29) is 18.3 Å². The van der Waals surface area contributed by atoms with Crippen LogP contribution in [-0.2, 0) is 15.7 Å². The highest BCUT2D eigenvalue weighted by atomic mass is 16.7. The fourth-order valence-electron chi connectivity index (χ4n) is 2.82. The molecule has 1 aromatic carbocycles. The molecule has 1 saturated carbocycles. The molecule has 19 heavy (non-hydrogen) atoms. The second-order valence-corrected chi connectivity index (χ2v) is 6.97. The average molecular weight is 258 g/mol. The lowest BCUT2D eigenvalue weighted by atomic mass is 9.80. The molecule has 0 N–H and O–H groups in total. The third-order valence-corrected chi connectivity index (χ3v) is 4.94. The standard InChI is InChI=1S/C16H23BO2/c1-15(2)16(3,4)19-17(18-15)14-11-13(14)10-12-8-6-5-7-9-12/h5-9,13-14H,10-11H2,1-4H3/t13-,14-/m0/s1. The minimum absolute atomic E-state index is 0.0151. The molecular weight excluding hydrogens is 235 g/mol. The van der Waals surface area contributed by atoms with Crippen LogP contribution in [-0.4, -0.2) is 18.3 Å². The van der Waals surface area contributed by atoms with Crippen molar-refractivity contribution in [1.29, 1.82) is 0 Å². The van der Waals surface area contributed by atoms with Gasteiger partial charge in [-0.25, -0.2) is 0 Å². The van der Waals surface area contributed by atoms with Crippen LogP contribution in [0.15, 0.2) is 30.3 Å². The van der Waals surface area contributed by atoms with Crippen molar-refractivity contribution in [2.45, 2.75) is 57.6 Å². The lowest BCUT2D eigenvalue weighted by molar-refractivity contribution is 0.00578. The zero-order chi connectivity index (χ0) is 13.7. The molecule has 3 rings (SSSR count). The summed E-state index contributed by atoms with van der Waals surface area (Å²) in [5.41, 5.74) is 1.03. The largest absolute Gasteiger partial charge is 0.461 e. The summed E-state index contributed by atoms with van der Waals surface area (Å²) in [6, 6.07) is 10.7. The van der Waals surface area contributed by atoms with Crippen molar-refractivity contribution in [2.75, 3.05) is 0 Å². The Kier molecular flexibility index (Phi) is 3.03. The topological polar surface area (TPSA) is 18.5 Å². The van der Waals surface area contributed by atoms with Gasteiger partial charge in [-0.05, 0) is 57.8 Å². The van der Waals surface area contributed by atoms with Gasteiger partial charge in [-0.15, -0.1) is 0 Å². The van der Waals surface area contributed by atoms with Gasteiger partial charge >= 0.3 is 7.12 Å². The molecule has 2 aliphatic rings. The quantitative estimate of drug-likeness (QED) is 0.769. The fourth-order valence-corrected chi connectivity index (χ4v) is 2.82. The summed E-state index contributed by atoms with van der Waals surface area (Å²) < 4.78 is 12.3. The van der Waals surface area contributed by atoms with Gasteiger partial charge in [0.15, 0.2) is 0 Å². The zero-order valence-corrected chi connectivity index (χ0v) is 12.3. The van der Waals surface area contributed by atoms with Gasteiger partial charge < -0.3 is 9.31 Å². The van der Waals surface area contributed by atoms with Gasteiger partial charge in [0, 0.05) is 0 Å². The van der Waals surface area contributed by atoms with Gasteiger partial charge in [0.2, 0.25) is 0 Å². The van der Waals surface area contributed by atoms with Crippen LogP contribution in [0, 0.1) is 5.92 Å². The predicted molar refractivity (Wildman–Crippen MR) is 78.1 cm³/mol. The summed E-state index contributed by atoms with van der Waals surface area (Å²) in [5.74, 6) is 1.29. The van der Waals surface area contributed by atoms with Gasteiger partial charge in [0.25, 0.3) is 0 Å². The molecule has 0 bridgehead atoms. The average Bonchev–Trinajstić information content (AvgIpc) is 3.03. The highest BCUT2D eigenvalue weighted by molar-refractivity contribution is 6.48. The maximum Gasteiger partial charge on any atom is 0.461 e. The number of rotatable bonds is 3. The fraction of sp³-hybridized carbons (Fsp3) is 0.625. The Bertz CT molecular complexity index is 439. The Labute approximate surface area is 116 Å². The second-order valence-electron chi connectivity index (χ2n) is 6.97. The van der Waals surface area contributed by atoms with Crippen LogP contribution in [0.25, 0.3) is 0 Å². The summed E-state index contributed by atoms with van der Waals surface area (Å²) in [6.07, 6.45) is 2.38. The smallest absolute Gasteiger partial charge is 0.403 e. The summed E-state index contributed by atoms with van der Waals surface area (Å²) >= 11 is 0. The van der Waals surface area contributed by atoms with Crippen molar-refractivity contribution in [3.63, 3.8) is 0 Å². The first-order chi connectivity index (χ1) is 8.89. The first kappa shape index (κ1) is 13.2. The SMILES string of the molecule is CC1(C)OB([C@H]2C[C@@H]2Cc2ccccc2)OC1(C)C. The Hall–Kier alpha value is -0.795. The Morgan fingerprint density at radius 1 is 1.05 bits per heavy atom. The first-order valence-corrected chi connectivity index (χ1v) is 7.29. The normalized spacial score (nSPS) is 31.5. The van der Waals surface area contributed by atoms with Gasteiger partial charge in [0.1, 0.15) is 0 Å². The van der Waals surface area contributed by atoms with Crippen molar-refractivity contribution < 1.29 is 9.31 Å². The van der Waals surface area contributed by atoms with E-state index in [1.165, 1.54) is 12.0 Å². The third kappa shape index (κ3) is 2.46. The van der Waals surface area contributed by atoms with Gasteiger partial charge in [-0.1, -0.05) is 30.3 Å². The van der Waals surface area contributed by atoms with Gasteiger partial charge in [-0.3, -0.25) is 0 Å². The molecular formula is C16H23BO2. The summed E-state index contributed by atoms with van der Waals surface area (Å²) in [5, 5.41) is 0. The van der Waals surface area contributed by atoms with E-state index < -0.39 is 0 Å². The van der Waals surface area contributed by atoms with E-state index in [1.807, 2.05) is 0 Å². The number of benzene rings is 1. The molecule has 2 nitrogen and oxygen atoms in total. The maximum absolute atomic E-state index is 6.13. The summed E-state index contributed by atoms with van der Waals surface area (Å²) in [7, 11) is -0.0151.